The van der Waals surface area contributed by atoms with E-state index >= 15 is 0 Å². The molecule has 6 heteroatoms. The molecule has 4 nitrogen and oxygen atoms in total. The van der Waals surface area contributed by atoms with Gasteiger partial charge in [-0.25, -0.2) is 4.39 Å². The fourth-order valence-corrected chi connectivity index (χ4v) is 2.88. The van der Waals surface area contributed by atoms with Crippen molar-refractivity contribution in [1.82, 2.24) is 10.2 Å². The van der Waals surface area contributed by atoms with Crippen LogP contribution in [-0.4, -0.2) is 21.2 Å². The second-order valence-electron chi connectivity index (χ2n) is 5.37. The van der Waals surface area contributed by atoms with Crippen LogP contribution < -0.4 is 0 Å². The van der Waals surface area contributed by atoms with E-state index in [0.717, 1.165) is 5.56 Å². The summed E-state index contributed by atoms with van der Waals surface area (Å²) in [4.78, 5) is 12.4. The molecule has 0 saturated heterocycles. The highest BCUT2D eigenvalue weighted by molar-refractivity contribution is 8.00. The van der Waals surface area contributed by atoms with E-state index < -0.39 is 0 Å². The van der Waals surface area contributed by atoms with Crippen LogP contribution in [-0.2, 0) is 0 Å². The van der Waals surface area contributed by atoms with Gasteiger partial charge >= 0.3 is 0 Å². The molecule has 0 unspecified atom stereocenters. The molecule has 1 aromatic heterocycles. The Morgan fingerprint density at radius 2 is 1.75 bits per heavy atom. The summed E-state index contributed by atoms with van der Waals surface area (Å²) in [6.45, 7) is 3.77. The van der Waals surface area contributed by atoms with Crippen molar-refractivity contribution in [2.24, 2.45) is 0 Å². The standard InChI is InChI=1S/C18H15FN2O2S/c1-11-3-5-13(6-4-11)16(22)12(2)24-18-21-20-17(23-18)14-7-9-15(19)10-8-14/h3-10,12H,1-2H3/t12-/m0/s1. The largest absolute Gasteiger partial charge is 0.411 e. The van der Waals surface area contributed by atoms with Crippen molar-refractivity contribution >= 4 is 17.5 Å². The Kier molecular flexibility index (Phi) is 4.76. The van der Waals surface area contributed by atoms with E-state index in [1.54, 1.807) is 19.1 Å². The van der Waals surface area contributed by atoms with Crippen molar-refractivity contribution in [1.29, 1.82) is 0 Å². The van der Waals surface area contributed by atoms with Gasteiger partial charge in [-0.3, -0.25) is 4.79 Å². The number of hydrogen-bond acceptors (Lipinski definition) is 5. The van der Waals surface area contributed by atoms with E-state index in [1.165, 1.54) is 23.9 Å². The van der Waals surface area contributed by atoms with Crippen LogP contribution in [0.2, 0.25) is 0 Å². The number of thioether (sulfide) groups is 1. The number of carbonyl (C=O) groups is 1. The minimum Gasteiger partial charge on any atom is -0.411 e. The lowest BCUT2D eigenvalue weighted by Gasteiger charge is -2.07. The first-order chi connectivity index (χ1) is 11.5. The van der Waals surface area contributed by atoms with Crippen molar-refractivity contribution in [2.45, 2.75) is 24.3 Å². The number of carbonyl (C=O) groups excluding carboxylic acids is 1. The summed E-state index contributed by atoms with van der Waals surface area (Å²) in [7, 11) is 0. The van der Waals surface area contributed by atoms with E-state index in [4.69, 9.17) is 4.42 Å². The van der Waals surface area contributed by atoms with Crippen molar-refractivity contribution in [2.75, 3.05) is 0 Å². The highest BCUT2D eigenvalue weighted by Gasteiger charge is 2.20. The lowest BCUT2D eigenvalue weighted by molar-refractivity contribution is 0.0993. The van der Waals surface area contributed by atoms with Crippen LogP contribution in [0, 0.1) is 12.7 Å². The number of benzene rings is 2. The molecule has 0 aliphatic heterocycles. The van der Waals surface area contributed by atoms with Crippen LogP contribution in [0.3, 0.4) is 0 Å². The Balaban J connectivity index is 1.70. The minimum atomic E-state index is -0.353. The molecule has 24 heavy (non-hydrogen) atoms. The monoisotopic (exact) mass is 342 g/mol. The fraction of sp³-hybridized carbons (Fsp3) is 0.167. The molecule has 3 rings (SSSR count). The second kappa shape index (κ2) is 6.97. The Hall–Kier alpha value is -2.47. The average Bonchev–Trinajstić information content (AvgIpc) is 3.04. The minimum absolute atomic E-state index is 0.00142. The molecule has 0 amide bonds. The van der Waals surface area contributed by atoms with Crippen molar-refractivity contribution in [3.63, 3.8) is 0 Å². The number of aryl methyl sites for hydroxylation is 1. The van der Waals surface area contributed by atoms with Crippen LogP contribution >= 0.6 is 11.8 Å². The highest BCUT2D eigenvalue weighted by atomic mass is 32.2. The predicted octanol–water partition coefficient (Wildman–Crippen LogP) is 4.55. The van der Waals surface area contributed by atoms with Gasteiger partial charge < -0.3 is 4.42 Å². The van der Waals surface area contributed by atoms with Gasteiger partial charge in [0.15, 0.2) is 5.78 Å². The molecule has 0 saturated carbocycles. The molecular formula is C18H15FN2O2S. The summed E-state index contributed by atoms with van der Waals surface area (Å²) in [6.07, 6.45) is 0. The van der Waals surface area contributed by atoms with E-state index in [0.29, 0.717) is 22.2 Å². The van der Waals surface area contributed by atoms with E-state index in [-0.39, 0.29) is 16.9 Å². The summed E-state index contributed by atoms with van der Waals surface area (Å²) in [5.41, 5.74) is 2.39. The molecule has 2 aromatic carbocycles. The Morgan fingerprint density at radius 3 is 2.42 bits per heavy atom. The SMILES string of the molecule is Cc1ccc(C(=O)[C@H](C)Sc2nnc(-c3ccc(F)cc3)o2)cc1. The molecule has 3 aromatic rings. The third kappa shape index (κ3) is 3.71. The first kappa shape index (κ1) is 16.4. The number of ketones is 1. The average molecular weight is 342 g/mol. The van der Waals surface area contributed by atoms with Crippen LogP contribution in [0.25, 0.3) is 11.5 Å². The number of nitrogens with zero attached hydrogens (tertiary/aromatic N) is 2. The molecule has 0 bridgehead atoms. The molecule has 0 aliphatic rings. The topological polar surface area (TPSA) is 56.0 Å². The number of rotatable bonds is 5. The van der Waals surface area contributed by atoms with Gasteiger partial charge in [0.1, 0.15) is 5.82 Å². The molecule has 0 N–H and O–H groups in total. The molecule has 1 heterocycles. The van der Waals surface area contributed by atoms with E-state index in [2.05, 4.69) is 10.2 Å². The van der Waals surface area contributed by atoms with Crippen molar-refractivity contribution < 1.29 is 13.6 Å². The summed E-state index contributed by atoms with van der Waals surface area (Å²) in [6, 6.07) is 13.2. The van der Waals surface area contributed by atoms with E-state index in [9.17, 15) is 9.18 Å². The summed E-state index contributed by atoms with van der Waals surface area (Å²) in [5.74, 6) is -0.0285. The van der Waals surface area contributed by atoms with Gasteiger partial charge in [-0.05, 0) is 38.1 Å². The van der Waals surface area contributed by atoms with Crippen LogP contribution in [0.15, 0.2) is 58.2 Å². The van der Waals surface area contributed by atoms with Crippen molar-refractivity contribution in [3.05, 3.63) is 65.5 Å². The van der Waals surface area contributed by atoms with Gasteiger partial charge in [0, 0.05) is 11.1 Å². The zero-order valence-corrected chi connectivity index (χ0v) is 14.0. The molecule has 1 atom stereocenters. The normalized spacial score (nSPS) is 12.1. The van der Waals surface area contributed by atoms with Gasteiger partial charge in [0.2, 0.25) is 5.89 Å². The molecule has 122 valence electrons. The third-order valence-electron chi connectivity index (χ3n) is 3.48. The number of halogens is 1. The predicted molar refractivity (Wildman–Crippen MR) is 90.5 cm³/mol. The lowest BCUT2D eigenvalue weighted by Crippen LogP contribution is -2.13. The second-order valence-corrected chi connectivity index (χ2v) is 6.66. The first-order valence-corrected chi connectivity index (χ1v) is 8.28. The summed E-state index contributed by atoms with van der Waals surface area (Å²) >= 11 is 1.21. The van der Waals surface area contributed by atoms with Gasteiger partial charge in [-0.2, -0.15) is 0 Å². The van der Waals surface area contributed by atoms with Crippen LogP contribution in [0.5, 0.6) is 0 Å². The summed E-state index contributed by atoms with van der Waals surface area (Å²) < 4.78 is 18.5. The fourth-order valence-electron chi connectivity index (χ4n) is 2.12. The van der Waals surface area contributed by atoms with E-state index in [1.807, 2.05) is 31.2 Å². The molecule has 0 radical (unpaired) electrons. The number of aromatic nitrogens is 2. The van der Waals surface area contributed by atoms with Crippen molar-refractivity contribution in [3.8, 4) is 11.5 Å². The Labute approximate surface area is 143 Å². The highest BCUT2D eigenvalue weighted by Crippen LogP contribution is 2.27. The van der Waals surface area contributed by atoms with Crippen LogP contribution in [0.1, 0.15) is 22.8 Å². The van der Waals surface area contributed by atoms with Gasteiger partial charge in [-0.15, -0.1) is 10.2 Å². The quantitative estimate of drug-likeness (QED) is 0.503. The lowest BCUT2D eigenvalue weighted by atomic mass is 10.1. The Bertz CT molecular complexity index is 844. The third-order valence-corrected chi connectivity index (χ3v) is 4.41. The first-order valence-electron chi connectivity index (χ1n) is 7.40. The molecule has 0 fully saturated rings. The van der Waals surface area contributed by atoms with Crippen LogP contribution in [0.4, 0.5) is 4.39 Å². The molecular weight excluding hydrogens is 327 g/mol. The zero-order valence-electron chi connectivity index (χ0n) is 13.2. The molecule has 0 aliphatic carbocycles. The number of Topliss-reactive ketones (excluding diaryl/α,β-unsaturated/α-hetero) is 1. The maximum atomic E-state index is 12.9. The zero-order chi connectivity index (χ0) is 17.1. The number of hydrogen-bond donors (Lipinski definition) is 0. The summed E-state index contributed by atoms with van der Waals surface area (Å²) in [5, 5.41) is 7.84. The molecule has 0 spiro atoms. The maximum Gasteiger partial charge on any atom is 0.277 e. The maximum absolute atomic E-state index is 12.9. The van der Waals surface area contributed by atoms with Gasteiger partial charge in [-0.1, -0.05) is 41.6 Å². The smallest absolute Gasteiger partial charge is 0.277 e. The van der Waals surface area contributed by atoms with Gasteiger partial charge in [0.25, 0.3) is 5.22 Å². The van der Waals surface area contributed by atoms with Gasteiger partial charge in [0.05, 0.1) is 5.25 Å². The Morgan fingerprint density at radius 1 is 1.08 bits per heavy atom.